The van der Waals surface area contributed by atoms with Crippen molar-refractivity contribution < 1.29 is 9.90 Å². The van der Waals surface area contributed by atoms with E-state index in [1.807, 2.05) is 18.4 Å². The third kappa shape index (κ3) is 3.36. The molecular weight excluding hydrogens is 194 g/mol. The molecule has 0 aliphatic carbocycles. The zero-order valence-electron chi connectivity index (χ0n) is 9.10. The number of nitrogens with one attached hydrogen (secondary N) is 1. The van der Waals surface area contributed by atoms with Crippen LogP contribution in [-0.4, -0.2) is 33.7 Å². The molecule has 0 atom stereocenters. The van der Waals surface area contributed by atoms with E-state index in [-0.39, 0.29) is 19.1 Å². The summed E-state index contributed by atoms with van der Waals surface area (Å²) in [4.78, 5) is 15.6. The van der Waals surface area contributed by atoms with E-state index in [0.717, 1.165) is 5.82 Å². The van der Waals surface area contributed by atoms with Gasteiger partial charge >= 0.3 is 0 Å². The Balaban J connectivity index is 2.56. The molecule has 5 heteroatoms. The van der Waals surface area contributed by atoms with Crippen molar-refractivity contribution in [3.8, 4) is 0 Å². The monoisotopic (exact) mass is 211 g/mol. The van der Waals surface area contributed by atoms with Gasteiger partial charge in [0, 0.05) is 24.9 Å². The van der Waals surface area contributed by atoms with Gasteiger partial charge in [-0.15, -0.1) is 0 Å². The van der Waals surface area contributed by atoms with Crippen LogP contribution in [-0.2, 0) is 11.3 Å². The van der Waals surface area contributed by atoms with Gasteiger partial charge in [-0.25, -0.2) is 4.98 Å². The molecule has 5 nitrogen and oxygen atoms in total. The number of carbonyl (C=O) groups excluding carboxylic acids is 1. The number of carbonyl (C=O) groups is 1. The molecule has 2 N–H and O–H groups in total. The van der Waals surface area contributed by atoms with Crippen LogP contribution < -0.4 is 5.32 Å². The molecule has 0 unspecified atom stereocenters. The topological polar surface area (TPSA) is 67.2 Å². The predicted octanol–water partition coefficient (Wildman–Crippen LogP) is 0.115. The number of aromatic nitrogens is 2. The van der Waals surface area contributed by atoms with Crippen LogP contribution in [0.25, 0.3) is 0 Å². The summed E-state index contributed by atoms with van der Waals surface area (Å²) in [6.45, 7) is 4.58. The lowest BCUT2D eigenvalue weighted by Crippen LogP contribution is -2.30. The molecule has 1 amide bonds. The number of nitrogens with zero attached hydrogens (tertiary/aromatic N) is 2. The quantitative estimate of drug-likeness (QED) is 0.726. The predicted molar refractivity (Wildman–Crippen MR) is 56.4 cm³/mol. The van der Waals surface area contributed by atoms with E-state index in [9.17, 15) is 4.79 Å². The molecule has 1 heterocycles. The zero-order valence-corrected chi connectivity index (χ0v) is 9.10. The molecule has 84 valence electrons. The molecule has 1 aromatic rings. The molecule has 0 fully saturated rings. The van der Waals surface area contributed by atoms with Crippen LogP contribution >= 0.6 is 0 Å². The first-order chi connectivity index (χ1) is 7.15. The molecule has 0 radical (unpaired) electrons. The molecule has 15 heavy (non-hydrogen) atoms. The third-order valence-corrected chi connectivity index (χ3v) is 2.01. The van der Waals surface area contributed by atoms with E-state index >= 15 is 0 Å². The summed E-state index contributed by atoms with van der Waals surface area (Å²) < 4.78 is 1.82. The van der Waals surface area contributed by atoms with E-state index in [0.29, 0.717) is 12.5 Å². The minimum Gasteiger partial charge on any atom is -0.395 e. The van der Waals surface area contributed by atoms with E-state index < -0.39 is 0 Å². The van der Waals surface area contributed by atoms with Gasteiger partial charge in [0.05, 0.1) is 6.61 Å². The van der Waals surface area contributed by atoms with Crippen LogP contribution in [0, 0.1) is 0 Å². The second-order valence-corrected chi connectivity index (χ2v) is 3.64. The standard InChI is InChI=1S/C10H17N3O2/c1-8(2)10-12-3-5-13(10)7-9(15)11-4-6-14/h3,5,8,14H,4,6-7H2,1-2H3,(H,11,15). The molecule has 0 saturated carbocycles. The average Bonchev–Trinajstić information content (AvgIpc) is 2.62. The summed E-state index contributed by atoms with van der Waals surface area (Å²) in [5.41, 5.74) is 0. The summed E-state index contributed by atoms with van der Waals surface area (Å²) in [7, 11) is 0. The fourth-order valence-electron chi connectivity index (χ4n) is 1.36. The first-order valence-corrected chi connectivity index (χ1v) is 5.03. The van der Waals surface area contributed by atoms with Gasteiger partial charge in [-0.3, -0.25) is 4.79 Å². The maximum atomic E-state index is 11.4. The number of aliphatic hydroxyl groups excluding tert-OH is 1. The Bertz CT molecular complexity index is 320. The van der Waals surface area contributed by atoms with Gasteiger partial charge in [-0.1, -0.05) is 13.8 Å². The summed E-state index contributed by atoms with van der Waals surface area (Å²) in [5, 5.41) is 11.1. The molecular formula is C10H17N3O2. The summed E-state index contributed by atoms with van der Waals surface area (Å²) in [6.07, 6.45) is 3.47. The minimum absolute atomic E-state index is 0.0350. The Hall–Kier alpha value is -1.36. The molecule has 0 bridgehead atoms. The summed E-state index contributed by atoms with van der Waals surface area (Å²) in [6, 6.07) is 0. The third-order valence-electron chi connectivity index (χ3n) is 2.01. The minimum atomic E-state index is -0.107. The second kappa shape index (κ2) is 5.50. The van der Waals surface area contributed by atoms with Gasteiger partial charge in [0.15, 0.2) is 0 Å². The highest BCUT2D eigenvalue weighted by atomic mass is 16.3. The zero-order chi connectivity index (χ0) is 11.3. The van der Waals surface area contributed by atoms with Crippen LogP contribution in [0.4, 0.5) is 0 Å². The van der Waals surface area contributed by atoms with Crippen molar-refractivity contribution in [1.29, 1.82) is 0 Å². The Morgan fingerprint density at radius 3 is 3.00 bits per heavy atom. The highest BCUT2D eigenvalue weighted by molar-refractivity contribution is 5.75. The van der Waals surface area contributed by atoms with Gasteiger partial charge in [-0.2, -0.15) is 0 Å². The van der Waals surface area contributed by atoms with Gasteiger partial charge in [-0.05, 0) is 0 Å². The SMILES string of the molecule is CC(C)c1nccn1CC(=O)NCCO. The number of aliphatic hydroxyl groups is 1. The number of amides is 1. The summed E-state index contributed by atoms with van der Waals surface area (Å²) in [5.74, 6) is 1.09. The molecule has 1 aromatic heterocycles. The van der Waals surface area contributed by atoms with Crippen molar-refractivity contribution >= 4 is 5.91 Å². The normalized spacial score (nSPS) is 10.7. The van der Waals surface area contributed by atoms with Crippen molar-refractivity contribution in [3.63, 3.8) is 0 Å². The highest BCUT2D eigenvalue weighted by Crippen LogP contribution is 2.10. The van der Waals surface area contributed by atoms with Gasteiger partial charge in [0.2, 0.25) is 5.91 Å². The van der Waals surface area contributed by atoms with Gasteiger partial charge < -0.3 is 15.0 Å². The van der Waals surface area contributed by atoms with Crippen molar-refractivity contribution in [2.24, 2.45) is 0 Å². The van der Waals surface area contributed by atoms with Crippen molar-refractivity contribution in [2.45, 2.75) is 26.3 Å². The average molecular weight is 211 g/mol. The van der Waals surface area contributed by atoms with Crippen LogP contribution in [0.1, 0.15) is 25.6 Å². The maximum Gasteiger partial charge on any atom is 0.240 e. The Morgan fingerprint density at radius 1 is 1.67 bits per heavy atom. The largest absolute Gasteiger partial charge is 0.395 e. The van der Waals surface area contributed by atoms with Crippen molar-refractivity contribution in [3.05, 3.63) is 18.2 Å². The fourth-order valence-corrected chi connectivity index (χ4v) is 1.36. The molecule has 0 aliphatic heterocycles. The maximum absolute atomic E-state index is 11.4. The van der Waals surface area contributed by atoms with Crippen LogP contribution in [0.5, 0.6) is 0 Å². The Morgan fingerprint density at radius 2 is 2.40 bits per heavy atom. The van der Waals surface area contributed by atoms with Crippen LogP contribution in [0.3, 0.4) is 0 Å². The van der Waals surface area contributed by atoms with Crippen LogP contribution in [0.15, 0.2) is 12.4 Å². The molecule has 0 aliphatic rings. The number of hydrogen-bond donors (Lipinski definition) is 2. The number of imidazole rings is 1. The molecule has 1 rings (SSSR count). The first-order valence-electron chi connectivity index (χ1n) is 5.03. The summed E-state index contributed by atoms with van der Waals surface area (Å²) >= 11 is 0. The van der Waals surface area contributed by atoms with Crippen molar-refractivity contribution in [1.82, 2.24) is 14.9 Å². The Labute approximate surface area is 89.1 Å². The molecule has 0 aromatic carbocycles. The molecule has 0 spiro atoms. The Kier molecular flexibility index (Phi) is 4.30. The van der Waals surface area contributed by atoms with Crippen LogP contribution in [0.2, 0.25) is 0 Å². The lowest BCUT2D eigenvalue weighted by Gasteiger charge is -2.09. The van der Waals surface area contributed by atoms with Gasteiger partial charge in [0.25, 0.3) is 0 Å². The lowest BCUT2D eigenvalue weighted by molar-refractivity contribution is -0.121. The number of rotatable bonds is 5. The lowest BCUT2D eigenvalue weighted by atomic mass is 10.2. The van der Waals surface area contributed by atoms with E-state index in [1.165, 1.54) is 0 Å². The smallest absolute Gasteiger partial charge is 0.240 e. The van der Waals surface area contributed by atoms with E-state index in [2.05, 4.69) is 10.3 Å². The fraction of sp³-hybridized carbons (Fsp3) is 0.600. The van der Waals surface area contributed by atoms with E-state index in [4.69, 9.17) is 5.11 Å². The highest BCUT2D eigenvalue weighted by Gasteiger charge is 2.09. The number of hydrogen-bond acceptors (Lipinski definition) is 3. The first kappa shape index (κ1) is 11.7. The second-order valence-electron chi connectivity index (χ2n) is 3.64. The van der Waals surface area contributed by atoms with Gasteiger partial charge in [0.1, 0.15) is 12.4 Å². The van der Waals surface area contributed by atoms with E-state index in [1.54, 1.807) is 12.4 Å². The van der Waals surface area contributed by atoms with Crippen molar-refractivity contribution in [2.75, 3.05) is 13.2 Å². The molecule has 0 saturated heterocycles.